The highest BCUT2D eigenvalue weighted by molar-refractivity contribution is 6.02. The molecule has 23 heavy (non-hydrogen) atoms. The van der Waals surface area contributed by atoms with Gasteiger partial charge in [-0.3, -0.25) is 9.59 Å². The topological polar surface area (TPSA) is 74.3 Å². The lowest BCUT2D eigenvalue weighted by Gasteiger charge is -2.29. The van der Waals surface area contributed by atoms with Gasteiger partial charge in [-0.2, -0.15) is 0 Å². The monoisotopic (exact) mass is 318 g/mol. The van der Waals surface area contributed by atoms with Crippen LogP contribution in [0.3, 0.4) is 0 Å². The van der Waals surface area contributed by atoms with Crippen LogP contribution in [0.25, 0.3) is 0 Å². The molecule has 2 heterocycles. The third-order valence-electron chi connectivity index (χ3n) is 4.32. The van der Waals surface area contributed by atoms with Crippen LogP contribution >= 0.6 is 0 Å². The predicted octanol–water partition coefficient (Wildman–Crippen LogP) is 1.17. The SMILES string of the molecule is CN(C)c1ncccc1CNC(=O)[C@@H]1C(=O)NC[C@H]1C(C)(C)C. The molecule has 2 amide bonds. The molecule has 126 valence electrons. The van der Waals surface area contributed by atoms with E-state index in [0.29, 0.717) is 13.1 Å². The number of amides is 2. The first-order valence-corrected chi connectivity index (χ1v) is 7.88. The van der Waals surface area contributed by atoms with Crippen LogP contribution in [0.4, 0.5) is 5.82 Å². The van der Waals surface area contributed by atoms with E-state index in [9.17, 15) is 9.59 Å². The number of hydrogen-bond acceptors (Lipinski definition) is 4. The van der Waals surface area contributed by atoms with Crippen molar-refractivity contribution in [1.29, 1.82) is 0 Å². The zero-order valence-electron chi connectivity index (χ0n) is 14.5. The second kappa shape index (κ2) is 6.56. The van der Waals surface area contributed by atoms with Gasteiger partial charge in [0.25, 0.3) is 0 Å². The second-order valence-electron chi connectivity index (χ2n) is 7.29. The van der Waals surface area contributed by atoms with Gasteiger partial charge in [-0.25, -0.2) is 4.98 Å². The Balaban J connectivity index is 2.09. The number of rotatable bonds is 4. The molecule has 1 aliphatic rings. The van der Waals surface area contributed by atoms with Crippen molar-refractivity contribution >= 4 is 17.6 Å². The van der Waals surface area contributed by atoms with Crippen molar-refractivity contribution in [2.24, 2.45) is 17.3 Å². The van der Waals surface area contributed by atoms with Gasteiger partial charge >= 0.3 is 0 Å². The van der Waals surface area contributed by atoms with Crippen LogP contribution < -0.4 is 15.5 Å². The van der Waals surface area contributed by atoms with Gasteiger partial charge in [0.05, 0.1) is 0 Å². The summed E-state index contributed by atoms with van der Waals surface area (Å²) in [7, 11) is 3.82. The Hall–Kier alpha value is -2.11. The average Bonchev–Trinajstić information content (AvgIpc) is 2.87. The van der Waals surface area contributed by atoms with Gasteiger partial charge in [0.1, 0.15) is 11.7 Å². The number of nitrogens with one attached hydrogen (secondary N) is 2. The second-order valence-corrected chi connectivity index (χ2v) is 7.29. The van der Waals surface area contributed by atoms with E-state index in [1.165, 1.54) is 0 Å². The lowest BCUT2D eigenvalue weighted by atomic mass is 9.74. The molecule has 2 N–H and O–H groups in total. The van der Waals surface area contributed by atoms with E-state index in [-0.39, 0.29) is 23.1 Å². The molecule has 2 atom stereocenters. The van der Waals surface area contributed by atoms with E-state index < -0.39 is 5.92 Å². The summed E-state index contributed by atoms with van der Waals surface area (Å²) in [5.41, 5.74) is 0.820. The van der Waals surface area contributed by atoms with Crippen LogP contribution in [-0.2, 0) is 16.1 Å². The van der Waals surface area contributed by atoms with Crippen LogP contribution in [0.1, 0.15) is 26.3 Å². The third kappa shape index (κ3) is 3.81. The molecule has 0 bridgehead atoms. The van der Waals surface area contributed by atoms with Crippen molar-refractivity contribution in [2.45, 2.75) is 27.3 Å². The summed E-state index contributed by atoms with van der Waals surface area (Å²) in [6.07, 6.45) is 1.72. The van der Waals surface area contributed by atoms with Gasteiger partial charge in [-0.05, 0) is 11.5 Å². The van der Waals surface area contributed by atoms with Gasteiger partial charge < -0.3 is 15.5 Å². The van der Waals surface area contributed by atoms with E-state index >= 15 is 0 Å². The number of nitrogens with zero attached hydrogens (tertiary/aromatic N) is 2. The van der Waals surface area contributed by atoms with Crippen LogP contribution in [-0.4, -0.2) is 37.4 Å². The van der Waals surface area contributed by atoms with E-state index in [1.807, 2.05) is 31.1 Å². The maximum absolute atomic E-state index is 12.6. The summed E-state index contributed by atoms with van der Waals surface area (Å²) in [6.45, 7) is 7.09. The zero-order chi connectivity index (χ0) is 17.2. The lowest BCUT2D eigenvalue weighted by molar-refractivity contribution is -0.135. The lowest BCUT2D eigenvalue weighted by Crippen LogP contribution is -2.40. The number of anilines is 1. The molecule has 1 saturated heterocycles. The average molecular weight is 318 g/mol. The van der Waals surface area contributed by atoms with E-state index in [2.05, 4.69) is 36.4 Å². The maximum atomic E-state index is 12.6. The highest BCUT2D eigenvalue weighted by Gasteiger charge is 2.45. The Morgan fingerprint density at radius 3 is 2.74 bits per heavy atom. The Morgan fingerprint density at radius 1 is 1.43 bits per heavy atom. The summed E-state index contributed by atoms with van der Waals surface area (Å²) in [5.74, 6) is -0.210. The first-order chi connectivity index (χ1) is 10.7. The van der Waals surface area contributed by atoms with Crippen molar-refractivity contribution in [3.63, 3.8) is 0 Å². The summed E-state index contributed by atoms with van der Waals surface area (Å²) in [6, 6.07) is 3.77. The van der Waals surface area contributed by atoms with E-state index in [4.69, 9.17) is 0 Å². The Kier molecular flexibility index (Phi) is 4.92. The van der Waals surface area contributed by atoms with E-state index in [0.717, 1.165) is 11.4 Å². The molecule has 0 aromatic carbocycles. The fourth-order valence-corrected chi connectivity index (χ4v) is 2.99. The van der Waals surface area contributed by atoms with Gasteiger partial charge in [0.15, 0.2) is 0 Å². The molecule has 0 aliphatic carbocycles. The van der Waals surface area contributed by atoms with Crippen molar-refractivity contribution in [3.8, 4) is 0 Å². The van der Waals surface area contributed by atoms with Crippen LogP contribution in [0.5, 0.6) is 0 Å². The summed E-state index contributed by atoms with van der Waals surface area (Å²) < 4.78 is 0. The first-order valence-electron chi connectivity index (χ1n) is 7.88. The highest BCUT2D eigenvalue weighted by Crippen LogP contribution is 2.35. The molecule has 1 fully saturated rings. The third-order valence-corrected chi connectivity index (χ3v) is 4.32. The molecule has 0 saturated carbocycles. The fourth-order valence-electron chi connectivity index (χ4n) is 2.99. The van der Waals surface area contributed by atoms with Crippen molar-refractivity contribution < 1.29 is 9.59 Å². The van der Waals surface area contributed by atoms with Crippen LogP contribution in [0.15, 0.2) is 18.3 Å². The molecule has 1 aliphatic heterocycles. The summed E-state index contributed by atoms with van der Waals surface area (Å²) >= 11 is 0. The fraction of sp³-hybridized carbons (Fsp3) is 0.588. The largest absolute Gasteiger partial charge is 0.362 e. The first kappa shape index (κ1) is 17.2. The molecule has 1 aromatic rings. The van der Waals surface area contributed by atoms with Gasteiger partial charge in [-0.15, -0.1) is 0 Å². The minimum absolute atomic E-state index is 0.00258. The zero-order valence-corrected chi connectivity index (χ0v) is 14.5. The van der Waals surface area contributed by atoms with Crippen molar-refractivity contribution in [3.05, 3.63) is 23.9 Å². The molecule has 2 rings (SSSR count). The van der Waals surface area contributed by atoms with Crippen molar-refractivity contribution in [1.82, 2.24) is 15.6 Å². The molecule has 6 nitrogen and oxygen atoms in total. The highest BCUT2D eigenvalue weighted by atomic mass is 16.2. The number of aromatic nitrogens is 1. The number of carbonyl (C=O) groups is 2. The minimum atomic E-state index is -0.630. The number of carbonyl (C=O) groups excluding carboxylic acids is 2. The molecule has 0 spiro atoms. The maximum Gasteiger partial charge on any atom is 0.233 e. The summed E-state index contributed by atoms with van der Waals surface area (Å²) in [4.78, 5) is 30.9. The van der Waals surface area contributed by atoms with Gasteiger partial charge in [-0.1, -0.05) is 26.8 Å². The van der Waals surface area contributed by atoms with Gasteiger partial charge in [0.2, 0.25) is 11.8 Å². The molecule has 0 unspecified atom stereocenters. The molecular weight excluding hydrogens is 292 g/mol. The normalized spacial score (nSPS) is 21.0. The van der Waals surface area contributed by atoms with Crippen LogP contribution in [0.2, 0.25) is 0 Å². The molecular formula is C17H26N4O2. The Morgan fingerprint density at radius 2 is 2.13 bits per heavy atom. The van der Waals surface area contributed by atoms with Gasteiger partial charge in [0, 0.05) is 44.9 Å². The number of hydrogen-bond donors (Lipinski definition) is 2. The smallest absolute Gasteiger partial charge is 0.233 e. The van der Waals surface area contributed by atoms with Crippen molar-refractivity contribution in [2.75, 3.05) is 25.5 Å². The van der Waals surface area contributed by atoms with E-state index in [1.54, 1.807) is 6.20 Å². The molecule has 6 heteroatoms. The Labute approximate surface area is 137 Å². The minimum Gasteiger partial charge on any atom is -0.362 e. The van der Waals surface area contributed by atoms with Crippen LogP contribution in [0, 0.1) is 17.3 Å². The quantitative estimate of drug-likeness (QED) is 0.817. The molecule has 1 aromatic heterocycles. The predicted molar refractivity (Wildman–Crippen MR) is 89.9 cm³/mol. The standard InChI is InChI=1S/C17H26N4O2/c1-17(2,3)12-10-20-16(23)13(12)15(22)19-9-11-7-6-8-18-14(11)21(4)5/h6-8,12-13H,9-10H2,1-5H3,(H,19,22)(H,20,23)/t12-,13-/m1/s1. The summed E-state index contributed by atoms with van der Waals surface area (Å²) in [5, 5.41) is 5.72. The number of pyridine rings is 1. The molecule has 0 radical (unpaired) electrons. The Bertz CT molecular complexity index is 593.